The molecule has 0 fully saturated rings. The molecule has 1 N–H and O–H groups in total. The smallest absolute Gasteiger partial charge is 0.354 e. The summed E-state index contributed by atoms with van der Waals surface area (Å²) in [5, 5.41) is 10.7. The van der Waals surface area contributed by atoms with Crippen LogP contribution in [-0.2, 0) is 13.0 Å². The molecule has 1 aromatic carbocycles. The molecule has 3 rings (SSSR count). The molecule has 2 heterocycles. The first-order chi connectivity index (χ1) is 12.4. The Morgan fingerprint density at radius 1 is 1.23 bits per heavy atom. The third kappa shape index (κ3) is 3.57. The third-order valence-corrected chi connectivity index (χ3v) is 4.56. The summed E-state index contributed by atoms with van der Waals surface area (Å²) < 4.78 is 1.58. The Hall–Kier alpha value is -2.44. The number of nitrogens with zero attached hydrogens (tertiary/aromatic N) is 4. The molecular weight excluding hydrogens is 375 g/mol. The second-order valence-corrected chi connectivity index (χ2v) is 6.59. The number of carbonyl (C=O) groups is 1. The second-order valence-electron chi connectivity index (χ2n) is 5.75. The maximum Gasteiger partial charge on any atom is 0.354 e. The van der Waals surface area contributed by atoms with Crippen LogP contribution < -0.4 is 0 Å². The minimum absolute atomic E-state index is 0.0831. The summed E-state index contributed by atoms with van der Waals surface area (Å²) in [5.74, 6) is -0.641. The summed E-state index contributed by atoms with van der Waals surface area (Å²) in [7, 11) is 0. The maximum absolute atomic E-state index is 11.8. The molecule has 0 aliphatic carbocycles. The number of rotatable bonds is 5. The highest BCUT2D eigenvalue weighted by atomic mass is 35.5. The Morgan fingerprint density at radius 2 is 2.00 bits per heavy atom. The van der Waals surface area contributed by atoms with Crippen molar-refractivity contribution in [2.75, 3.05) is 0 Å². The molecule has 0 amide bonds. The van der Waals surface area contributed by atoms with Gasteiger partial charge in [0.2, 0.25) is 0 Å². The highest BCUT2D eigenvalue weighted by molar-refractivity contribution is 6.33. The summed E-state index contributed by atoms with van der Waals surface area (Å²) in [6.45, 7) is 3.83. The molecule has 0 saturated heterocycles. The standard InChI is InChI=1S/C18H16Cl2N4O2/c1-3-13-7-21-8-15(23-13)17-22-10(2)16(18(25)26)24(17)9-11-6-12(19)4-5-14(11)20/h4-8H,3,9H2,1-2H3,(H,25,26). The fourth-order valence-corrected chi connectivity index (χ4v) is 3.08. The highest BCUT2D eigenvalue weighted by Gasteiger charge is 2.23. The molecule has 0 spiro atoms. The Kier molecular flexibility index (Phi) is 5.25. The summed E-state index contributed by atoms with van der Waals surface area (Å²) in [5.41, 5.74) is 2.49. The molecule has 0 saturated carbocycles. The van der Waals surface area contributed by atoms with E-state index in [1.165, 1.54) is 0 Å². The van der Waals surface area contributed by atoms with Gasteiger partial charge in [0.25, 0.3) is 0 Å². The zero-order valence-electron chi connectivity index (χ0n) is 14.2. The van der Waals surface area contributed by atoms with E-state index in [9.17, 15) is 9.90 Å². The van der Waals surface area contributed by atoms with Crippen LogP contribution in [0.5, 0.6) is 0 Å². The van der Waals surface area contributed by atoms with Crippen LogP contribution in [0.25, 0.3) is 11.5 Å². The average molecular weight is 391 g/mol. The maximum atomic E-state index is 11.8. The number of hydrogen-bond acceptors (Lipinski definition) is 4. The van der Waals surface area contributed by atoms with Crippen LogP contribution in [-0.4, -0.2) is 30.6 Å². The number of benzene rings is 1. The lowest BCUT2D eigenvalue weighted by Gasteiger charge is -2.12. The number of hydrogen-bond donors (Lipinski definition) is 1. The minimum Gasteiger partial charge on any atom is -0.477 e. The van der Waals surface area contributed by atoms with Crippen LogP contribution in [0.2, 0.25) is 10.0 Å². The molecule has 3 aromatic rings. The Labute approximate surface area is 160 Å². The molecular formula is C18H16Cl2N4O2. The zero-order chi connectivity index (χ0) is 18.8. The lowest BCUT2D eigenvalue weighted by molar-refractivity contribution is 0.0685. The molecule has 8 heteroatoms. The average Bonchev–Trinajstić information content (AvgIpc) is 2.94. The number of aryl methyl sites for hydroxylation is 2. The van der Waals surface area contributed by atoms with Gasteiger partial charge in [0, 0.05) is 16.2 Å². The van der Waals surface area contributed by atoms with E-state index in [2.05, 4.69) is 15.0 Å². The van der Waals surface area contributed by atoms with Crippen molar-refractivity contribution in [3.8, 4) is 11.5 Å². The van der Waals surface area contributed by atoms with E-state index >= 15 is 0 Å². The van der Waals surface area contributed by atoms with Gasteiger partial charge in [-0.3, -0.25) is 4.98 Å². The van der Waals surface area contributed by atoms with E-state index in [-0.39, 0.29) is 12.2 Å². The van der Waals surface area contributed by atoms with E-state index in [0.29, 0.717) is 39.2 Å². The first-order valence-corrected chi connectivity index (χ1v) is 8.72. The first kappa shape index (κ1) is 18.4. The normalized spacial score (nSPS) is 10.9. The number of imidazole rings is 1. The number of aromatic nitrogens is 4. The highest BCUT2D eigenvalue weighted by Crippen LogP contribution is 2.26. The predicted octanol–water partition coefficient (Wildman–Crippen LogP) is 4.26. The summed E-state index contributed by atoms with van der Waals surface area (Å²) in [4.78, 5) is 24.9. The van der Waals surface area contributed by atoms with Gasteiger partial charge in [0.05, 0.1) is 24.1 Å². The Morgan fingerprint density at radius 3 is 2.69 bits per heavy atom. The van der Waals surface area contributed by atoms with Gasteiger partial charge in [-0.2, -0.15) is 0 Å². The van der Waals surface area contributed by atoms with Crippen LogP contribution >= 0.6 is 23.2 Å². The fraction of sp³-hybridized carbons (Fsp3) is 0.222. The van der Waals surface area contributed by atoms with Gasteiger partial charge in [0.1, 0.15) is 5.69 Å². The summed E-state index contributed by atoms with van der Waals surface area (Å²) >= 11 is 12.3. The molecule has 6 nitrogen and oxygen atoms in total. The van der Waals surface area contributed by atoms with Gasteiger partial charge in [0.15, 0.2) is 11.5 Å². The molecule has 2 aromatic heterocycles. The molecule has 0 aliphatic rings. The van der Waals surface area contributed by atoms with Crippen molar-refractivity contribution in [3.05, 3.63) is 63.3 Å². The van der Waals surface area contributed by atoms with Crippen LogP contribution in [0.15, 0.2) is 30.6 Å². The SMILES string of the molecule is CCc1cncc(-c2nc(C)c(C(=O)O)n2Cc2cc(Cl)ccc2Cl)n1. The monoisotopic (exact) mass is 390 g/mol. The topological polar surface area (TPSA) is 80.9 Å². The van der Waals surface area contributed by atoms with Gasteiger partial charge in [-0.05, 0) is 37.1 Å². The molecule has 0 radical (unpaired) electrons. The Bertz CT molecular complexity index is 985. The van der Waals surface area contributed by atoms with Crippen LogP contribution in [0, 0.1) is 6.92 Å². The summed E-state index contributed by atoms with van der Waals surface area (Å²) in [6.07, 6.45) is 3.96. The van der Waals surface area contributed by atoms with Crippen molar-refractivity contribution in [1.82, 2.24) is 19.5 Å². The van der Waals surface area contributed by atoms with Gasteiger partial charge in [-0.15, -0.1) is 0 Å². The molecule has 0 atom stereocenters. The third-order valence-electron chi connectivity index (χ3n) is 3.96. The lowest BCUT2D eigenvalue weighted by Crippen LogP contribution is -2.12. The van der Waals surface area contributed by atoms with Crippen LogP contribution in [0.1, 0.15) is 34.4 Å². The summed E-state index contributed by atoms with van der Waals surface area (Å²) in [6, 6.07) is 5.07. The number of halogens is 2. The van der Waals surface area contributed by atoms with Crippen LogP contribution in [0.3, 0.4) is 0 Å². The van der Waals surface area contributed by atoms with Crippen molar-refractivity contribution in [2.24, 2.45) is 0 Å². The quantitative estimate of drug-likeness (QED) is 0.703. The van der Waals surface area contributed by atoms with E-state index in [1.54, 1.807) is 42.1 Å². The Balaban J connectivity index is 2.18. The largest absolute Gasteiger partial charge is 0.477 e. The molecule has 0 aliphatic heterocycles. The van der Waals surface area contributed by atoms with E-state index in [1.807, 2.05) is 6.92 Å². The van der Waals surface area contributed by atoms with Crippen molar-refractivity contribution < 1.29 is 9.90 Å². The van der Waals surface area contributed by atoms with Gasteiger partial charge in [-0.1, -0.05) is 30.1 Å². The second kappa shape index (κ2) is 7.43. The van der Waals surface area contributed by atoms with Crippen LogP contribution in [0.4, 0.5) is 0 Å². The molecule has 134 valence electrons. The molecule has 0 unspecified atom stereocenters. The molecule has 0 bridgehead atoms. The van der Waals surface area contributed by atoms with E-state index in [4.69, 9.17) is 23.2 Å². The fourth-order valence-electron chi connectivity index (χ4n) is 2.71. The lowest BCUT2D eigenvalue weighted by atomic mass is 10.2. The van der Waals surface area contributed by atoms with E-state index in [0.717, 1.165) is 5.69 Å². The molecule has 26 heavy (non-hydrogen) atoms. The van der Waals surface area contributed by atoms with E-state index < -0.39 is 5.97 Å². The van der Waals surface area contributed by atoms with Crippen molar-refractivity contribution >= 4 is 29.2 Å². The first-order valence-electron chi connectivity index (χ1n) is 7.96. The van der Waals surface area contributed by atoms with Crippen molar-refractivity contribution in [2.45, 2.75) is 26.8 Å². The number of aromatic carboxylic acids is 1. The van der Waals surface area contributed by atoms with Crippen molar-refractivity contribution in [1.29, 1.82) is 0 Å². The minimum atomic E-state index is -1.07. The number of carboxylic acids is 1. The van der Waals surface area contributed by atoms with Gasteiger partial charge in [-0.25, -0.2) is 14.8 Å². The number of carboxylic acid groups (broad SMARTS) is 1. The zero-order valence-corrected chi connectivity index (χ0v) is 15.7. The van der Waals surface area contributed by atoms with Gasteiger partial charge < -0.3 is 9.67 Å². The van der Waals surface area contributed by atoms with Crippen molar-refractivity contribution in [3.63, 3.8) is 0 Å². The predicted molar refractivity (Wildman–Crippen MR) is 99.9 cm³/mol. The van der Waals surface area contributed by atoms with Gasteiger partial charge >= 0.3 is 5.97 Å².